The van der Waals surface area contributed by atoms with Crippen molar-refractivity contribution in [3.63, 3.8) is 0 Å². The lowest BCUT2D eigenvalue weighted by molar-refractivity contribution is -0.129. The first-order chi connectivity index (χ1) is 6.51. The van der Waals surface area contributed by atoms with Crippen LogP contribution in [0, 0.1) is 11.3 Å². The van der Waals surface area contributed by atoms with Crippen LogP contribution in [-0.2, 0) is 14.3 Å². The first-order valence-corrected chi connectivity index (χ1v) is 4.83. The normalized spacial score (nSPS) is 25.5. The van der Waals surface area contributed by atoms with E-state index in [-0.39, 0.29) is 11.2 Å². The van der Waals surface area contributed by atoms with Gasteiger partial charge < -0.3 is 9.53 Å². The summed E-state index contributed by atoms with van der Waals surface area (Å²) in [6.07, 6.45) is 2.84. The molecule has 14 heavy (non-hydrogen) atoms. The zero-order chi connectivity index (χ0) is 10.8. The Kier molecular flexibility index (Phi) is 3.09. The Balaban J connectivity index is 2.91. The molecule has 0 aliphatic heterocycles. The van der Waals surface area contributed by atoms with Gasteiger partial charge in [-0.05, 0) is 12.3 Å². The molecule has 1 aliphatic rings. The maximum absolute atomic E-state index is 11.5. The summed E-state index contributed by atoms with van der Waals surface area (Å²) in [7, 11) is 0. The summed E-state index contributed by atoms with van der Waals surface area (Å²) >= 11 is 0. The van der Waals surface area contributed by atoms with E-state index in [1.807, 2.05) is 20.8 Å². The van der Waals surface area contributed by atoms with Crippen molar-refractivity contribution in [3.8, 4) is 0 Å². The van der Waals surface area contributed by atoms with Gasteiger partial charge in [0, 0.05) is 12.5 Å². The second-order valence-electron chi connectivity index (χ2n) is 4.23. The molecule has 3 nitrogen and oxygen atoms in total. The Morgan fingerprint density at radius 2 is 2.29 bits per heavy atom. The van der Waals surface area contributed by atoms with Crippen molar-refractivity contribution >= 4 is 12.1 Å². The van der Waals surface area contributed by atoms with E-state index >= 15 is 0 Å². The second kappa shape index (κ2) is 3.95. The predicted octanol–water partition coefficient (Wildman–Crippen LogP) is 1.72. The minimum absolute atomic E-state index is 0.139. The zero-order valence-corrected chi connectivity index (χ0v) is 8.87. The maximum Gasteiger partial charge on any atom is 0.169 e. The van der Waals surface area contributed by atoms with E-state index < -0.39 is 5.92 Å². The maximum atomic E-state index is 11.5. The molecule has 0 unspecified atom stereocenters. The lowest BCUT2D eigenvalue weighted by atomic mass is 9.71. The van der Waals surface area contributed by atoms with Crippen LogP contribution < -0.4 is 0 Å². The number of ketones is 1. The first-order valence-electron chi connectivity index (χ1n) is 4.83. The minimum atomic E-state index is -0.522. The van der Waals surface area contributed by atoms with Gasteiger partial charge in [-0.15, -0.1) is 0 Å². The molecule has 0 heterocycles. The third kappa shape index (κ3) is 2.03. The molecule has 0 radical (unpaired) electrons. The number of hydrogen-bond acceptors (Lipinski definition) is 3. The van der Waals surface area contributed by atoms with Crippen LogP contribution >= 0.6 is 0 Å². The zero-order valence-electron chi connectivity index (χ0n) is 8.87. The molecule has 1 atom stereocenters. The molecule has 0 N–H and O–H groups in total. The van der Waals surface area contributed by atoms with E-state index in [1.165, 1.54) is 6.08 Å². The summed E-state index contributed by atoms with van der Waals surface area (Å²) in [6.45, 7) is 6.26. The molecule has 1 aliphatic carbocycles. The fraction of sp³-hybridized carbons (Fsp3) is 0.636. The molecule has 3 heteroatoms. The van der Waals surface area contributed by atoms with E-state index in [1.54, 1.807) is 0 Å². The van der Waals surface area contributed by atoms with Crippen LogP contribution in [0.5, 0.6) is 0 Å². The van der Waals surface area contributed by atoms with Gasteiger partial charge in [0.1, 0.15) is 12.0 Å². The van der Waals surface area contributed by atoms with E-state index in [4.69, 9.17) is 4.74 Å². The second-order valence-corrected chi connectivity index (χ2v) is 4.23. The van der Waals surface area contributed by atoms with Crippen molar-refractivity contribution in [2.75, 3.05) is 6.61 Å². The van der Waals surface area contributed by atoms with E-state index in [2.05, 4.69) is 0 Å². The highest BCUT2D eigenvalue weighted by molar-refractivity contribution is 6.02. The molecule has 0 spiro atoms. The molecule has 0 bridgehead atoms. The molecular weight excluding hydrogens is 180 g/mol. The largest absolute Gasteiger partial charge is 0.498 e. The van der Waals surface area contributed by atoms with Gasteiger partial charge in [-0.2, -0.15) is 0 Å². The molecule has 0 aromatic carbocycles. The predicted molar refractivity (Wildman–Crippen MR) is 52.7 cm³/mol. The van der Waals surface area contributed by atoms with E-state index in [0.29, 0.717) is 18.8 Å². The van der Waals surface area contributed by atoms with Gasteiger partial charge in [0.2, 0.25) is 0 Å². The molecule has 1 rings (SSSR count). The molecule has 0 saturated carbocycles. The minimum Gasteiger partial charge on any atom is -0.498 e. The summed E-state index contributed by atoms with van der Waals surface area (Å²) in [5.74, 6) is 0.0343. The highest BCUT2D eigenvalue weighted by Gasteiger charge is 2.38. The van der Waals surface area contributed by atoms with E-state index in [0.717, 1.165) is 6.29 Å². The van der Waals surface area contributed by atoms with Crippen LogP contribution in [0.25, 0.3) is 0 Å². The Morgan fingerprint density at radius 1 is 1.64 bits per heavy atom. The Morgan fingerprint density at radius 3 is 2.71 bits per heavy atom. The summed E-state index contributed by atoms with van der Waals surface area (Å²) < 4.78 is 5.31. The van der Waals surface area contributed by atoms with Gasteiger partial charge in [-0.25, -0.2) is 0 Å². The topological polar surface area (TPSA) is 43.4 Å². The number of aldehydes is 1. The monoisotopic (exact) mass is 196 g/mol. The van der Waals surface area contributed by atoms with Gasteiger partial charge >= 0.3 is 0 Å². The van der Waals surface area contributed by atoms with Crippen LogP contribution in [0.15, 0.2) is 11.8 Å². The van der Waals surface area contributed by atoms with Crippen molar-refractivity contribution in [2.45, 2.75) is 27.2 Å². The Bertz CT molecular complexity index is 276. The van der Waals surface area contributed by atoms with E-state index in [9.17, 15) is 9.59 Å². The van der Waals surface area contributed by atoms with Crippen molar-refractivity contribution in [2.24, 2.45) is 11.3 Å². The molecule has 0 aromatic heterocycles. The van der Waals surface area contributed by atoms with Gasteiger partial charge in [-0.1, -0.05) is 13.8 Å². The van der Waals surface area contributed by atoms with Crippen LogP contribution in [0.2, 0.25) is 0 Å². The van der Waals surface area contributed by atoms with Gasteiger partial charge in [0.25, 0.3) is 0 Å². The molecule has 0 saturated heterocycles. The summed E-state index contributed by atoms with van der Waals surface area (Å²) in [5.41, 5.74) is -0.321. The summed E-state index contributed by atoms with van der Waals surface area (Å²) in [4.78, 5) is 22.3. The Labute approximate surface area is 84.1 Å². The third-order valence-electron chi connectivity index (χ3n) is 2.55. The first kappa shape index (κ1) is 11.0. The van der Waals surface area contributed by atoms with Crippen molar-refractivity contribution in [3.05, 3.63) is 11.8 Å². The van der Waals surface area contributed by atoms with Gasteiger partial charge in [0.15, 0.2) is 5.78 Å². The number of rotatable bonds is 3. The summed E-state index contributed by atoms with van der Waals surface area (Å²) in [6, 6.07) is 0. The molecule has 0 amide bonds. The fourth-order valence-corrected chi connectivity index (χ4v) is 1.77. The van der Waals surface area contributed by atoms with Crippen molar-refractivity contribution < 1.29 is 14.3 Å². The van der Waals surface area contributed by atoms with Crippen LogP contribution in [0.3, 0.4) is 0 Å². The highest BCUT2D eigenvalue weighted by Crippen LogP contribution is 2.37. The average molecular weight is 196 g/mol. The lowest BCUT2D eigenvalue weighted by Gasteiger charge is -2.33. The smallest absolute Gasteiger partial charge is 0.169 e. The molecule has 78 valence electrons. The standard InChI is InChI=1S/C11H16O3/c1-4-14-8-5-10(13)9(7-12)11(2,3)6-8/h5,7,9H,4,6H2,1-3H3/t9-/m0/s1. The number of allylic oxidation sites excluding steroid dienone is 2. The van der Waals surface area contributed by atoms with Crippen LogP contribution in [0.4, 0.5) is 0 Å². The SMILES string of the molecule is CCOC1=CC(=O)[C@H](C=O)C(C)(C)C1. The summed E-state index contributed by atoms with van der Waals surface area (Å²) in [5, 5.41) is 0. The fourth-order valence-electron chi connectivity index (χ4n) is 1.77. The Hall–Kier alpha value is -1.12. The van der Waals surface area contributed by atoms with Crippen LogP contribution in [-0.4, -0.2) is 18.7 Å². The molecular formula is C11H16O3. The number of hydrogen-bond donors (Lipinski definition) is 0. The lowest BCUT2D eigenvalue weighted by Crippen LogP contribution is -2.35. The third-order valence-corrected chi connectivity index (χ3v) is 2.55. The number of carbonyl (C=O) groups excluding carboxylic acids is 2. The average Bonchev–Trinajstić information content (AvgIpc) is 2.02. The molecule has 0 aromatic rings. The highest BCUT2D eigenvalue weighted by atomic mass is 16.5. The van der Waals surface area contributed by atoms with Crippen molar-refractivity contribution in [1.29, 1.82) is 0 Å². The van der Waals surface area contributed by atoms with Gasteiger partial charge in [-0.3, -0.25) is 4.79 Å². The van der Waals surface area contributed by atoms with Crippen LogP contribution in [0.1, 0.15) is 27.2 Å². The number of ether oxygens (including phenoxy) is 1. The van der Waals surface area contributed by atoms with Gasteiger partial charge in [0.05, 0.1) is 12.5 Å². The van der Waals surface area contributed by atoms with Crippen molar-refractivity contribution in [1.82, 2.24) is 0 Å². The molecule has 0 fully saturated rings. The number of carbonyl (C=O) groups is 2. The quantitative estimate of drug-likeness (QED) is 0.510.